The third-order valence-corrected chi connectivity index (χ3v) is 3.07. The predicted octanol–water partition coefficient (Wildman–Crippen LogP) is 0.437. The molecule has 0 bridgehead atoms. The zero-order chi connectivity index (χ0) is 12.1. The van der Waals surface area contributed by atoms with Gasteiger partial charge in [0.2, 0.25) is 5.91 Å². The molecule has 1 amide bonds. The van der Waals surface area contributed by atoms with E-state index in [4.69, 9.17) is 10.8 Å². The summed E-state index contributed by atoms with van der Waals surface area (Å²) in [6.07, 6.45) is 2.66. The van der Waals surface area contributed by atoms with Crippen molar-refractivity contribution < 1.29 is 14.7 Å². The van der Waals surface area contributed by atoms with Crippen LogP contribution in [0.4, 0.5) is 0 Å². The first kappa shape index (κ1) is 13.0. The maximum atomic E-state index is 11.8. The first-order chi connectivity index (χ1) is 7.56. The molecule has 1 rings (SSSR count). The van der Waals surface area contributed by atoms with Crippen molar-refractivity contribution >= 4 is 11.9 Å². The van der Waals surface area contributed by atoms with Crippen molar-refractivity contribution in [1.82, 2.24) is 4.90 Å². The zero-order valence-electron chi connectivity index (χ0n) is 9.69. The van der Waals surface area contributed by atoms with E-state index in [0.29, 0.717) is 32.4 Å². The summed E-state index contributed by atoms with van der Waals surface area (Å²) < 4.78 is 0. The Morgan fingerprint density at radius 3 is 2.44 bits per heavy atom. The lowest BCUT2D eigenvalue weighted by Crippen LogP contribution is -2.47. The summed E-state index contributed by atoms with van der Waals surface area (Å²) in [7, 11) is 0. The van der Waals surface area contributed by atoms with Gasteiger partial charge in [-0.2, -0.15) is 0 Å². The van der Waals surface area contributed by atoms with E-state index in [9.17, 15) is 9.59 Å². The number of piperidine rings is 1. The maximum Gasteiger partial charge on any atom is 0.306 e. The second-order valence-corrected chi connectivity index (χ2v) is 4.33. The molecule has 0 spiro atoms. The van der Waals surface area contributed by atoms with Gasteiger partial charge < -0.3 is 15.7 Å². The van der Waals surface area contributed by atoms with Crippen LogP contribution in [0.1, 0.15) is 32.6 Å². The Labute approximate surface area is 95.6 Å². The monoisotopic (exact) mass is 228 g/mol. The van der Waals surface area contributed by atoms with E-state index in [0.717, 1.165) is 6.42 Å². The Balaban J connectivity index is 2.41. The average molecular weight is 228 g/mol. The lowest BCUT2D eigenvalue weighted by atomic mass is 9.96. The molecule has 1 saturated heterocycles. The lowest BCUT2D eigenvalue weighted by molar-refractivity contribution is -0.146. The van der Waals surface area contributed by atoms with Gasteiger partial charge in [-0.1, -0.05) is 13.3 Å². The third kappa shape index (κ3) is 3.20. The molecule has 0 aliphatic carbocycles. The van der Waals surface area contributed by atoms with Crippen LogP contribution in [0.25, 0.3) is 0 Å². The second kappa shape index (κ2) is 5.84. The number of hydrogen-bond acceptors (Lipinski definition) is 3. The van der Waals surface area contributed by atoms with Crippen LogP contribution in [-0.4, -0.2) is 41.0 Å². The molecule has 1 aliphatic heterocycles. The molecule has 5 heteroatoms. The molecule has 0 radical (unpaired) electrons. The summed E-state index contributed by atoms with van der Waals surface area (Å²) in [5.74, 6) is -1.10. The van der Waals surface area contributed by atoms with E-state index in [1.54, 1.807) is 4.90 Å². The molecule has 0 aromatic heterocycles. The topological polar surface area (TPSA) is 83.6 Å². The van der Waals surface area contributed by atoms with Gasteiger partial charge in [-0.25, -0.2) is 0 Å². The number of nitrogens with zero attached hydrogens (tertiary/aromatic N) is 1. The van der Waals surface area contributed by atoms with Crippen LogP contribution in [0.5, 0.6) is 0 Å². The van der Waals surface area contributed by atoms with E-state index in [1.165, 1.54) is 0 Å². The van der Waals surface area contributed by atoms with Crippen molar-refractivity contribution in [3.63, 3.8) is 0 Å². The molecule has 0 aromatic carbocycles. The van der Waals surface area contributed by atoms with Crippen LogP contribution in [0.15, 0.2) is 0 Å². The van der Waals surface area contributed by atoms with E-state index < -0.39 is 12.0 Å². The van der Waals surface area contributed by atoms with Crippen molar-refractivity contribution in [2.24, 2.45) is 11.7 Å². The number of amides is 1. The Kier molecular flexibility index (Phi) is 4.73. The Bertz CT molecular complexity index is 260. The number of carbonyl (C=O) groups excluding carboxylic acids is 1. The highest BCUT2D eigenvalue weighted by molar-refractivity contribution is 5.82. The SMILES string of the molecule is CCC[C@H](N)C(=O)N1CCC(C(=O)O)CC1. The number of hydrogen-bond donors (Lipinski definition) is 2. The Morgan fingerprint density at radius 1 is 1.44 bits per heavy atom. The van der Waals surface area contributed by atoms with Crippen LogP contribution in [0.3, 0.4) is 0 Å². The number of nitrogens with two attached hydrogens (primary N) is 1. The van der Waals surface area contributed by atoms with Gasteiger partial charge >= 0.3 is 5.97 Å². The summed E-state index contributed by atoms with van der Waals surface area (Å²) >= 11 is 0. The number of carboxylic acids is 1. The molecule has 5 nitrogen and oxygen atoms in total. The van der Waals surface area contributed by atoms with Crippen molar-refractivity contribution in [2.45, 2.75) is 38.6 Å². The van der Waals surface area contributed by atoms with E-state index in [1.807, 2.05) is 6.92 Å². The van der Waals surface area contributed by atoms with Gasteiger partial charge in [0, 0.05) is 13.1 Å². The molecule has 1 atom stereocenters. The van der Waals surface area contributed by atoms with E-state index in [-0.39, 0.29) is 11.8 Å². The minimum Gasteiger partial charge on any atom is -0.481 e. The highest BCUT2D eigenvalue weighted by Crippen LogP contribution is 2.18. The van der Waals surface area contributed by atoms with Crippen molar-refractivity contribution in [3.8, 4) is 0 Å². The molecule has 1 aliphatic rings. The van der Waals surface area contributed by atoms with Crippen LogP contribution in [0, 0.1) is 5.92 Å². The van der Waals surface area contributed by atoms with Gasteiger partial charge in [-0.3, -0.25) is 9.59 Å². The summed E-state index contributed by atoms with van der Waals surface area (Å²) in [4.78, 5) is 24.3. The molecule has 0 unspecified atom stereocenters. The smallest absolute Gasteiger partial charge is 0.306 e. The van der Waals surface area contributed by atoms with Crippen LogP contribution in [-0.2, 0) is 9.59 Å². The minimum atomic E-state index is -0.759. The number of carboxylic acid groups (broad SMARTS) is 1. The number of aliphatic carboxylic acids is 1. The quantitative estimate of drug-likeness (QED) is 0.731. The fourth-order valence-electron chi connectivity index (χ4n) is 2.02. The van der Waals surface area contributed by atoms with Crippen LogP contribution in [0.2, 0.25) is 0 Å². The molecule has 3 N–H and O–H groups in total. The molecule has 1 fully saturated rings. The van der Waals surface area contributed by atoms with Crippen LogP contribution < -0.4 is 5.73 Å². The molecule has 0 aromatic rings. The van der Waals surface area contributed by atoms with E-state index in [2.05, 4.69) is 0 Å². The van der Waals surface area contributed by atoms with E-state index >= 15 is 0 Å². The van der Waals surface area contributed by atoms with Gasteiger partial charge in [0.25, 0.3) is 0 Å². The Hall–Kier alpha value is -1.10. The predicted molar refractivity (Wildman–Crippen MR) is 59.8 cm³/mol. The molecular formula is C11H20N2O3. The summed E-state index contributed by atoms with van der Waals surface area (Å²) in [6, 6.07) is -0.425. The van der Waals surface area contributed by atoms with Gasteiger partial charge in [0.15, 0.2) is 0 Å². The largest absolute Gasteiger partial charge is 0.481 e. The highest BCUT2D eigenvalue weighted by atomic mass is 16.4. The third-order valence-electron chi connectivity index (χ3n) is 3.07. The highest BCUT2D eigenvalue weighted by Gasteiger charge is 2.28. The van der Waals surface area contributed by atoms with Gasteiger partial charge in [-0.05, 0) is 19.3 Å². The minimum absolute atomic E-state index is 0.0364. The van der Waals surface area contributed by atoms with Gasteiger partial charge in [-0.15, -0.1) is 0 Å². The zero-order valence-corrected chi connectivity index (χ0v) is 9.69. The first-order valence-electron chi connectivity index (χ1n) is 5.83. The average Bonchev–Trinajstić information content (AvgIpc) is 2.28. The number of rotatable bonds is 4. The van der Waals surface area contributed by atoms with Crippen molar-refractivity contribution in [2.75, 3.05) is 13.1 Å². The molecule has 1 heterocycles. The maximum absolute atomic E-state index is 11.8. The van der Waals surface area contributed by atoms with Gasteiger partial charge in [0.05, 0.1) is 12.0 Å². The number of likely N-dealkylation sites (tertiary alicyclic amines) is 1. The standard InChI is InChI=1S/C11H20N2O3/c1-2-3-9(12)10(14)13-6-4-8(5-7-13)11(15)16/h8-9H,2-7,12H2,1H3,(H,15,16)/t9-/m0/s1. The fraction of sp³-hybridized carbons (Fsp3) is 0.818. The second-order valence-electron chi connectivity index (χ2n) is 4.33. The Morgan fingerprint density at radius 2 is 2.00 bits per heavy atom. The number of carbonyl (C=O) groups is 2. The summed E-state index contributed by atoms with van der Waals surface area (Å²) in [6.45, 7) is 3.03. The summed E-state index contributed by atoms with van der Waals surface area (Å²) in [5.41, 5.74) is 5.75. The molecule has 92 valence electrons. The normalized spacial score (nSPS) is 19.5. The lowest BCUT2D eigenvalue weighted by Gasteiger charge is -2.31. The van der Waals surface area contributed by atoms with Crippen LogP contribution >= 0.6 is 0 Å². The fourth-order valence-corrected chi connectivity index (χ4v) is 2.02. The first-order valence-corrected chi connectivity index (χ1v) is 5.83. The summed E-state index contributed by atoms with van der Waals surface area (Å²) in [5, 5.41) is 8.83. The molecular weight excluding hydrogens is 208 g/mol. The van der Waals surface area contributed by atoms with Crippen molar-refractivity contribution in [3.05, 3.63) is 0 Å². The van der Waals surface area contributed by atoms with Gasteiger partial charge in [0.1, 0.15) is 0 Å². The molecule has 0 saturated carbocycles. The molecule has 16 heavy (non-hydrogen) atoms. The van der Waals surface area contributed by atoms with Crippen molar-refractivity contribution in [1.29, 1.82) is 0 Å².